The molecule has 0 spiro atoms. The first-order chi connectivity index (χ1) is 13.9. The van der Waals surface area contributed by atoms with E-state index < -0.39 is 0 Å². The van der Waals surface area contributed by atoms with E-state index in [0.717, 1.165) is 38.0 Å². The van der Waals surface area contributed by atoms with Crippen molar-refractivity contribution < 1.29 is 4.79 Å². The molecule has 1 aliphatic heterocycles. The molecule has 4 aromatic rings. The monoisotopic (exact) mass is 423 g/mol. The van der Waals surface area contributed by atoms with Crippen molar-refractivity contribution in [2.24, 2.45) is 0 Å². The second kappa shape index (κ2) is 6.74. The average molecular weight is 424 g/mol. The zero-order chi connectivity index (χ0) is 20.2. The standard InChI is InChI=1S/C21H21N5OS2/c1-21(2,3)20-22-10-15(29-20)19(27)26-9-8-13-16(24-11-23-13)17(26)18-25-12-6-4-5-7-14(12)28-18/h4-7,10-11,17H,8-9H2,1-3H3,(H,23,24)/t17-/m0/s1. The van der Waals surface area contributed by atoms with Gasteiger partial charge >= 0.3 is 0 Å². The molecule has 1 atom stereocenters. The summed E-state index contributed by atoms with van der Waals surface area (Å²) in [6.45, 7) is 6.96. The molecule has 29 heavy (non-hydrogen) atoms. The molecule has 0 aliphatic carbocycles. The molecule has 1 amide bonds. The summed E-state index contributed by atoms with van der Waals surface area (Å²) in [5.41, 5.74) is 2.85. The van der Waals surface area contributed by atoms with Gasteiger partial charge < -0.3 is 9.88 Å². The summed E-state index contributed by atoms with van der Waals surface area (Å²) in [5, 5.41) is 1.86. The molecule has 1 N–H and O–H groups in total. The van der Waals surface area contributed by atoms with Crippen LogP contribution in [0.2, 0.25) is 0 Å². The third-order valence-electron chi connectivity index (χ3n) is 5.09. The SMILES string of the molecule is CC(C)(C)c1ncc(C(=O)N2CCc3[nH]cnc3[C@H]2c2nc3ccccc3s2)s1. The van der Waals surface area contributed by atoms with E-state index in [-0.39, 0.29) is 17.4 Å². The summed E-state index contributed by atoms with van der Waals surface area (Å²) in [7, 11) is 0. The summed E-state index contributed by atoms with van der Waals surface area (Å²) < 4.78 is 1.12. The van der Waals surface area contributed by atoms with Gasteiger partial charge in [-0.2, -0.15) is 0 Å². The molecule has 1 aromatic carbocycles. The van der Waals surface area contributed by atoms with Crippen LogP contribution in [0.3, 0.4) is 0 Å². The molecule has 0 fully saturated rings. The Kier molecular flexibility index (Phi) is 4.29. The van der Waals surface area contributed by atoms with Gasteiger partial charge in [-0.25, -0.2) is 15.0 Å². The van der Waals surface area contributed by atoms with E-state index in [9.17, 15) is 4.79 Å². The normalized spacial score (nSPS) is 16.9. The van der Waals surface area contributed by atoms with Crippen molar-refractivity contribution in [3.63, 3.8) is 0 Å². The molecule has 5 rings (SSSR count). The number of para-hydroxylation sites is 1. The minimum Gasteiger partial charge on any atom is -0.348 e. The maximum absolute atomic E-state index is 13.5. The van der Waals surface area contributed by atoms with Gasteiger partial charge in [-0.3, -0.25) is 4.79 Å². The van der Waals surface area contributed by atoms with Crippen LogP contribution in [0.5, 0.6) is 0 Å². The van der Waals surface area contributed by atoms with Crippen LogP contribution >= 0.6 is 22.7 Å². The Morgan fingerprint density at radius 2 is 2.03 bits per heavy atom. The molecule has 0 unspecified atom stereocenters. The summed E-state index contributed by atoms with van der Waals surface area (Å²) in [4.78, 5) is 33.2. The smallest absolute Gasteiger partial charge is 0.266 e. The fourth-order valence-electron chi connectivity index (χ4n) is 3.61. The highest BCUT2D eigenvalue weighted by molar-refractivity contribution is 7.18. The molecule has 0 saturated heterocycles. The van der Waals surface area contributed by atoms with Crippen LogP contribution in [0.25, 0.3) is 10.2 Å². The molecule has 1 aliphatic rings. The molecule has 0 radical (unpaired) electrons. The number of benzene rings is 1. The Hall–Kier alpha value is -2.58. The van der Waals surface area contributed by atoms with Gasteiger partial charge in [-0.05, 0) is 12.1 Å². The predicted molar refractivity (Wildman–Crippen MR) is 116 cm³/mol. The summed E-state index contributed by atoms with van der Waals surface area (Å²) >= 11 is 3.11. The zero-order valence-corrected chi connectivity index (χ0v) is 18.1. The lowest BCUT2D eigenvalue weighted by Gasteiger charge is -2.33. The lowest BCUT2D eigenvalue weighted by Crippen LogP contribution is -2.40. The van der Waals surface area contributed by atoms with Crippen LogP contribution in [0, 0.1) is 0 Å². The first-order valence-electron chi connectivity index (χ1n) is 9.57. The first-order valence-corrected chi connectivity index (χ1v) is 11.2. The number of hydrogen-bond donors (Lipinski definition) is 1. The lowest BCUT2D eigenvalue weighted by molar-refractivity contribution is 0.0695. The van der Waals surface area contributed by atoms with Gasteiger partial charge in [0.2, 0.25) is 0 Å². The van der Waals surface area contributed by atoms with E-state index in [1.807, 2.05) is 23.1 Å². The number of fused-ring (bicyclic) bond motifs is 2. The number of imidazole rings is 1. The van der Waals surface area contributed by atoms with Crippen molar-refractivity contribution in [2.45, 2.75) is 38.6 Å². The molecule has 0 saturated carbocycles. The topological polar surface area (TPSA) is 74.8 Å². The summed E-state index contributed by atoms with van der Waals surface area (Å²) in [6.07, 6.45) is 4.18. The van der Waals surface area contributed by atoms with Crippen LogP contribution in [-0.2, 0) is 11.8 Å². The minimum absolute atomic E-state index is 0.00379. The maximum atomic E-state index is 13.5. The second-order valence-corrected chi connectivity index (χ2v) is 10.3. The third kappa shape index (κ3) is 3.16. The van der Waals surface area contributed by atoms with Crippen molar-refractivity contribution >= 4 is 38.8 Å². The maximum Gasteiger partial charge on any atom is 0.266 e. The molecular weight excluding hydrogens is 402 g/mol. The van der Waals surface area contributed by atoms with E-state index in [1.54, 1.807) is 23.9 Å². The Labute approximate surface area is 176 Å². The Balaban J connectivity index is 1.57. The number of hydrogen-bond acceptors (Lipinski definition) is 6. The summed E-state index contributed by atoms with van der Waals surface area (Å²) in [5.74, 6) is -0.00379. The third-order valence-corrected chi connectivity index (χ3v) is 7.59. The van der Waals surface area contributed by atoms with E-state index in [0.29, 0.717) is 11.4 Å². The quantitative estimate of drug-likeness (QED) is 0.513. The number of aromatic nitrogens is 4. The number of thiazole rings is 2. The van der Waals surface area contributed by atoms with Crippen LogP contribution in [0.4, 0.5) is 0 Å². The van der Waals surface area contributed by atoms with Crippen LogP contribution in [0.15, 0.2) is 36.8 Å². The Morgan fingerprint density at radius 3 is 2.79 bits per heavy atom. The number of nitrogens with zero attached hydrogens (tertiary/aromatic N) is 4. The van der Waals surface area contributed by atoms with Crippen molar-refractivity contribution in [1.82, 2.24) is 24.8 Å². The molecule has 0 bridgehead atoms. The average Bonchev–Trinajstić information content (AvgIpc) is 3.44. The molecule has 6 nitrogen and oxygen atoms in total. The lowest BCUT2D eigenvalue weighted by atomic mass is 9.98. The molecular formula is C21H21N5OS2. The Bertz CT molecular complexity index is 1170. The zero-order valence-electron chi connectivity index (χ0n) is 16.5. The number of H-pyrrole nitrogens is 1. The van der Waals surface area contributed by atoms with Gasteiger partial charge in [0.15, 0.2) is 0 Å². The number of carbonyl (C=O) groups is 1. The first kappa shape index (κ1) is 18.4. The number of amides is 1. The van der Waals surface area contributed by atoms with Crippen molar-refractivity contribution in [1.29, 1.82) is 0 Å². The minimum atomic E-state index is -0.282. The number of aromatic amines is 1. The Morgan fingerprint density at radius 1 is 1.21 bits per heavy atom. The molecule has 8 heteroatoms. The van der Waals surface area contributed by atoms with Gasteiger partial charge in [0, 0.05) is 24.1 Å². The highest BCUT2D eigenvalue weighted by atomic mass is 32.1. The molecule has 3 aromatic heterocycles. The van der Waals surface area contributed by atoms with Gasteiger partial charge in [-0.15, -0.1) is 22.7 Å². The highest BCUT2D eigenvalue weighted by Crippen LogP contribution is 2.39. The van der Waals surface area contributed by atoms with E-state index >= 15 is 0 Å². The predicted octanol–water partition coefficient (Wildman–Crippen LogP) is 4.56. The second-order valence-electron chi connectivity index (χ2n) is 8.22. The fourth-order valence-corrected chi connectivity index (χ4v) is 5.63. The van der Waals surface area contributed by atoms with Gasteiger partial charge in [0.25, 0.3) is 5.91 Å². The van der Waals surface area contributed by atoms with Crippen LogP contribution in [0.1, 0.15) is 57.9 Å². The van der Waals surface area contributed by atoms with Crippen LogP contribution < -0.4 is 0 Å². The van der Waals surface area contributed by atoms with Gasteiger partial charge in [-0.1, -0.05) is 32.9 Å². The number of carbonyl (C=O) groups excluding carboxylic acids is 1. The number of rotatable bonds is 2. The van der Waals surface area contributed by atoms with E-state index in [1.165, 1.54) is 11.3 Å². The van der Waals surface area contributed by atoms with Gasteiger partial charge in [0.05, 0.1) is 33.4 Å². The van der Waals surface area contributed by atoms with E-state index in [4.69, 9.17) is 4.98 Å². The van der Waals surface area contributed by atoms with Gasteiger partial charge in [0.1, 0.15) is 15.9 Å². The number of nitrogens with one attached hydrogen (secondary N) is 1. The largest absolute Gasteiger partial charge is 0.348 e. The van der Waals surface area contributed by atoms with Crippen LogP contribution in [-0.4, -0.2) is 37.3 Å². The van der Waals surface area contributed by atoms with E-state index in [2.05, 4.69) is 41.8 Å². The molecule has 4 heterocycles. The van der Waals surface area contributed by atoms with Crippen molar-refractivity contribution in [2.75, 3.05) is 6.54 Å². The summed E-state index contributed by atoms with van der Waals surface area (Å²) in [6, 6.07) is 7.79. The van der Waals surface area contributed by atoms with Crippen molar-refractivity contribution in [3.8, 4) is 0 Å². The molecule has 148 valence electrons. The van der Waals surface area contributed by atoms with Crippen molar-refractivity contribution in [3.05, 3.63) is 63.1 Å². The fraction of sp³-hybridized carbons (Fsp3) is 0.333. The highest BCUT2D eigenvalue weighted by Gasteiger charge is 2.37.